The quantitative estimate of drug-likeness (QED) is 0.694. The Labute approximate surface area is 170 Å². The molecule has 0 saturated heterocycles. The van der Waals surface area contributed by atoms with E-state index in [0.29, 0.717) is 31.8 Å². The molecule has 9 nitrogen and oxygen atoms in total. The zero-order chi connectivity index (χ0) is 20.8. The molecule has 9 heteroatoms. The molecule has 2 N–H and O–H groups in total. The first-order chi connectivity index (χ1) is 14.0. The highest BCUT2D eigenvalue weighted by atomic mass is 16.5. The molecule has 3 rings (SSSR count). The maximum Gasteiger partial charge on any atom is 0.273 e. The molecule has 3 atom stereocenters. The van der Waals surface area contributed by atoms with Crippen molar-refractivity contribution in [2.75, 3.05) is 6.61 Å². The molecule has 2 aromatic rings. The fraction of sp³-hybridized carbons (Fsp3) is 0.600. The average molecular weight is 403 g/mol. The predicted molar refractivity (Wildman–Crippen MR) is 105 cm³/mol. The van der Waals surface area contributed by atoms with Crippen LogP contribution in [0, 0.1) is 12.8 Å². The zero-order valence-corrected chi connectivity index (χ0v) is 17.2. The number of hydrogen-bond acceptors (Lipinski definition) is 6. The maximum atomic E-state index is 12.7. The Bertz CT molecular complexity index is 830. The normalized spacial score (nSPS) is 21.7. The molecule has 0 radical (unpaired) electrons. The lowest BCUT2D eigenvalue weighted by atomic mass is 9.83. The smallest absolute Gasteiger partial charge is 0.273 e. The second-order valence-corrected chi connectivity index (χ2v) is 7.56. The fourth-order valence-corrected chi connectivity index (χ4v) is 3.61. The molecule has 0 spiro atoms. The van der Waals surface area contributed by atoms with Gasteiger partial charge < -0.3 is 19.9 Å². The van der Waals surface area contributed by atoms with E-state index >= 15 is 0 Å². The first-order valence-electron chi connectivity index (χ1n) is 10.1. The van der Waals surface area contributed by atoms with E-state index in [0.717, 1.165) is 18.4 Å². The van der Waals surface area contributed by atoms with Crippen molar-refractivity contribution in [1.29, 1.82) is 0 Å². The predicted octanol–water partition coefficient (Wildman–Crippen LogP) is 1.73. The minimum absolute atomic E-state index is 0.0145. The summed E-state index contributed by atoms with van der Waals surface area (Å²) in [7, 11) is 1.84. The Hall–Kier alpha value is -2.68. The number of amides is 2. The van der Waals surface area contributed by atoms with Gasteiger partial charge in [0.05, 0.1) is 18.3 Å². The Balaban J connectivity index is 1.60. The Morgan fingerprint density at radius 2 is 2.21 bits per heavy atom. The zero-order valence-electron chi connectivity index (χ0n) is 17.2. The molecule has 2 heterocycles. The summed E-state index contributed by atoms with van der Waals surface area (Å²) < 4.78 is 12.6. The first-order valence-corrected chi connectivity index (χ1v) is 10.1. The fourth-order valence-electron chi connectivity index (χ4n) is 3.61. The van der Waals surface area contributed by atoms with Crippen molar-refractivity contribution in [1.82, 2.24) is 25.6 Å². The lowest BCUT2D eigenvalue weighted by molar-refractivity contribution is -0.127. The number of nitrogens with one attached hydrogen (secondary N) is 2. The van der Waals surface area contributed by atoms with Crippen molar-refractivity contribution >= 4 is 11.8 Å². The van der Waals surface area contributed by atoms with Crippen LogP contribution >= 0.6 is 0 Å². The number of hydrogen-bond donors (Lipinski definition) is 2. The number of rotatable bonds is 8. The summed E-state index contributed by atoms with van der Waals surface area (Å²) >= 11 is 0. The van der Waals surface area contributed by atoms with E-state index in [1.807, 2.05) is 20.2 Å². The Morgan fingerprint density at radius 3 is 2.86 bits per heavy atom. The molecule has 2 aromatic heterocycles. The van der Waals surface area contributed by atoms with Crippen molar-refractivity contribution in [2.24, 2.45) is 13.0 Å². The van der Waals surface area contributed by atoms with Gasteiger partial charge in [0.15, 0.2) is 5.69 Å². The Kier molecular flexibility index (Phi) is 7.03. The van der Waals surface area contributed by atoms with Crippen molar-refractivity contribution in [2.45, 2.75) is 58.2 Å². The molecule has 2 amide bonds. The number of carbonyl (C=O) groups excluding carboxylic acids is 2. The highest BCUT2D eigenvalue weighted by Gasteiger charge is 2.35. The standard InChI is InChI=1S/C20H29N5O4/c1-4-7-28-18-6-5-15(19(26)21-10-14-11-22-25(3)12-14)9-16(18)23-20(27)17-8-13(2)29-24-17/h8,11-12,15-16,18H,4-7,9-10H2,1-3H3,(H,21,26)(H,23,27)/t15-,16+,18+/m0/s1. The number of aryl methyl sites for hydroxylation is 2. The van der Waals surface area contributed by atoms with Crippen LogP contribution in [0.15, 0.2) is 23.0 Å². The SMILES string of the molecule is CCCO[C@@H]1CC[C@H](C(=O)NCc2cnn(C)c2)C[C@H]1NC(=O)c1cc(C)on1. The monoisotopic (exact) mass is 403 g/mol. The van der Waals surface area contributed by atoms with Gasteiger partial charge in [-0.05, 0) is 32.6 Å². The van der Waals surface area contributed by atoms with Crippen LogP contribution < -0.4 is 10.6 Å². The minimum atomic E-state index is -0.312. The molecule has 0 aromatic carbocycles. The highest BCUT2D eigenvalue weighted by Crippen LogP contribution is 2.27. The molecule has 0 bridgehead atoms. The molecule has 0 unspecified atom stereocenters. The second kappa shape index (κ2) is 9.69. The molecule has 1 aliphatic carbocycles. The van der Waals surface area contributed by atoms with Crippen LogP contribution in [-0.4, -0.2) is 45.5 Å². The molecular formula is C20H29N5O4. The molecule has 1 fully saturated rings. The van der Waals surface area contributed by atoms with Gasteiger partial charge in [-0.25, -0.2) is 0 Å². The van der Waals surface area contributed by atoms with Gasteiger partial charge >= 0.3 is 0 Å². The van der Waals surface area contributed by atoms with E-state index in [2.05, 4.69) is 20.9 Å². The van der Waals surface area contributed by atoms with Gasteiger partial charge in [0.1, 0.15) is 5.76 Å². The number of carbonyl (C=O) groups is 2. The lowest BCUT2D eigenvalue weighted by Gasteiger charge is -2.35. The van der Waals surface area contributed by atoms with Crippen molar-refractivity contribution in [3.05, 3.63) is 35.5 Å². The summed E-state index contributed by atoms with van der Waals surface area (Å²) in [5.41, 5.74) is 1.19. The van der Waals surface area contributed by atoms with Crippen LogP contribution in [-0.2, 0) is 23.1 Å². The summed E-state index contributed by atoms with van der Waals surface area (Å²) in [4.78, 5) is 25.2. The summed E-state index contributed by atoms with van der Waals surface area (Å²) in [5, 5.41) is 13.8. The summed E-state index contributed by atoms with van der Waals surface area (Å²) in [5.74, 6) is 0.0652. The van der Waals surface area contributed by atoms with E-state index in [1.54, 1.807) is 23.9 Å². The number of aromatic nitrogens is 3. The van der Waals surface area contributed by atoms with Crippen molar-refractivity contribution in [3.63, 3.8) is 0 Å². The van der Waals surface area contributed by atoms with Gasteiger partial charge in [-0.1, -0.05) is 12.1 Å². The summed E-state index contributed by atoms with van der Waals surface area (Å²) in [6.45, 7) is 4.84. The minimum Gasteiger partial charge on any atom is -0.376 e. The number of nitrogens with zero attached hydrogens (tertiary/aromatic N) is 3. The van der Waals surface area contributed by atoms with Gasteiger partial charge in [0.25, 0.3) is 5.91 Å². The molecule has 0 aliphatic heterocycles. The lowest BCUT2D eigenvalue weighted by Crippen LogP contribution is -2.50. The molecule has 1 saturated carbocycles. The van der Waals surface area contributed by atoms with Crippen molar-refractivity contribution in [3.8, 4) is 0 Å². The largest absolute Gasteiger partial charge is 0.376 e. The molecular weight excluding hydrogens is 374 g/mol. The van der Waals surface area contributed by atoms with Crippen LogP contribution in [0.3, 0.4) is 0 Å². The third-order valence-electron chi connectivity index (χ3n) is 5.10. The second-order valence-electron chi connectivity index (χ2n) is 7.56. The summed E-state index contributed by atoms with van der Waals surface area (Å²) in [6, 6.07) is 1.34. The van der Waals surface area contributed by atoms with E-state index in [9.17, 15) is 9.59 Å². The molecule has 158 valence electrons. The van der Waals surface area contributed by atoms with E-state index in [-0.39, 0.29) is 35.6 Å². The van der Waals surface area contributed by atoms with Gasteiger partial charge in [-0.15, -0.1) is 0 Å². The molecule has 29 heavy (non-hydrogen) atoms. The average Bonchev–Trinajstić information content (AvgIpc) is 3.33. The Morgan fingerprint density at radius 1 is 1.38 bits per heavy atom. The van der Waals surface area contributed by atoms with E-state index < -0.39 is 0 Å². The van der Waals surface area contributed by atoms with E-state index in [1.165, 1.54) is 0 Å². The van der Waals surface area contributed by atoms with Crippen LogP contribution in [0.25, 0.3) is 0 Å². The van der Waals surface area contributed by atoms with Crippen molar-refractivity contribution < 1.29 is 18.8 Å². The van der Waals surface area contributed by atoms with Crippen LogP contribution in [0.1, 0.15) is 54.4 Å². The maximum absolute atomic E-state index is 12.7. The topological polar surface area (TPSA) is 111 Å². The van der Waals surface area contributed by atoms with Crippen LogP contribution in [0.4, 0.5) is 0 Å². The van der Waals surface area contributed by atoms with Gasteiger partial charge in [-0.3, -0.25) is 14.3 Å². The van der Waals surface area contributed by atoms with E-state index in [4.69, 9.17) is 9.26 Å². The van der Waals surface area contributed by atoms with Gasteiger partial charge in [0, 0.05) is 43.9 Å². The van der Waals surface area contributed by atoms with Gasteiger partial charge in [0.2, 0.25) is 5.91 Å². The third-order valence-corrected chi connectivity index (χ3v) is 5.10. The molecule has 1 aliphatic rings. The third kappa shape index (κ3) is 5.66. The van der Waals surface area contributed by atoms with Gasteiger partial charge in [-0.2, -0.15) is 5.10 Å². The highest BCUT2D eigenvalue weighted by molar-refractivity contribution is 5.92. The van der Waals surface area contributed by atoms with Crippen LogP contribution in [0.2, 0.25) is 0 Å². The number of ether oxygens (including phenoxy) is 1. The summed E-state index contributed by atoms with van der Waals surface area (Å²) in [6.07, 6.45) is 6.35. The van der Waals surface area contributed by atoms with Crippen LogP contribution in [0.5, 0.6) is 0 Å². The first kappa shape index (κ1) is 21.0.